The summed E-state index contributed by atoms with van der Waals surface area (Å²) in [4.78, 5) is 13.1. The molecule has 7 atom stereocenters. The molecule has 0 bridgehead atoms. The van der Waals surface area contributed by atoms with Crippen molar-refractivity contribution in [1.29, 1.82) is 0 Å². The highest BCUT2D eigenvalue weighted by Crippen LogP contribution is 2.23. The van der Waals surface area contributed by atoms with Crippen molar-refractivity contribution in [1.82, 2.24) is 5.32 Å². The van der Waals surface area contributed by atoms with Crippen LogP contribution in [0.15, 0.2) is 12.2 Å². The van der Waals surface area contributed by atoms with Crippen LogP contribution in [-0.2, 0) is 14.3 Å². The third kappa shape index (κ3) is 40.3. The SMILES string of the molecule is CCCCCCCCCCCCCCCCC/C=C/[C@@H](O)[C@H](CO[C@@H]1O[C@H](CO)[C@H](O)C(O)C1O)NC(=O)CCCCCCCCCCCCCCCCCCCCCCCCCCCCCCCC. The predicted octanol–water partition coefficient (Wildman–Crippen LogP) is 15.6. The standard InChI is InChI=1S/C61H119NO8/c1-3-5-7-9-11-13-15-17-19-21-22-23-24-25-26-27-28-29-30-31-32-33-35-37-39-41-43-45-47-49-51-57(65)62-54(53-69-61-60(68)59(67)58(66)56(52-63)70-61)55(64)50-48-46-44-42-40-38-36-34-20-18-16-14-12-10-8-6-4-2/h48,50,54-56,58-61,63-64,66-68H,3-47,49,51-53H2,1-2H3,(H,62,65)/b50-48+/t54-,55+,56+,58-,59?,60?,61+/m0/s1. The number of aliphatic hydroxyl groups is 5. The van der Waals surface area contributed by atoms with Crippen LogP contribution in [0.3, 0.4) is 0 Å². The predicted molar refractivity (Wildman–Crippen MR) is 295 cm³/mol. The maximum absolute atomic E-state index is 13.1. The molecule has 1 aliphatic heterocycles. The number of unbranched alkanes of at least 4 members (excludes halogenated alkanes) is 44. The van der Waals surface area contributed by atoms with Crippen LogP contribution < -0.4 is 5.32 Å². The highest BCUT2D eigenvalue weighted by Gasteiger charge is 2.44. The van der Waals surface area contributed by atoms with E-state index in [1.54, 1.807) is 6.08 Å². The number of aliphatic hydroxyl groups excluding tert-OH is 5. The van der Waals surface area contributed by atoms with Gasteiger partial charge in [0.1, 0.15) is 24.4 Å². The first-order chi connectivity index (χ1) is 34.3. The second-order valence-electron chi connectivity index (χ2n) is 21.9. The van der Waals surface area contributed by atoms with Gasteiger partial charge in [0.05, 0.1) is 25.4 Å². The van der Waals surface area contributed by atoms with Gasteiger partial charge in [-0.05, 0) is 19.3 Å². The molecule has 0 radical (unpaired) electrons. The van der Waals surface area contributed by atoms with E-state index in [-0.39, 0.29) is 12.5 Å². The number of allylic oxidation sites excluding steroid dienone is 1. The van der Waals surface area contributed by atoms with Crippen LogP contribution >= 0.6 is 0 Å². The molecule has 0 aromatic heterocycles. The lowest BCUT2D eigenvalue weighted by Crippen LogP contribution is -2.60. The summed E-state index contributed by atoms with van der Waals surface area (Å²) < 4.78 is 11.3. The fourth-order valence-corrected chi connectivity index (χ4v) is 10.2. The largest absolute Gasteiger partial charge is 0.394 e. The molecule has 9 heteroatoms. The molecule has 2 unspecified atom stereocenters. The Morgan fingerprint density at radius 2 is 0.786 bits per heavy atom. The molecule has 70 heavy (non-hydrogen) atoms. The average Bonchev–Trinajstić information content (AvgIpc) is 3.36. The highest BCUT2D eigenvalue weighted by atomic mass is 16.7. The van der Waals surface area contributed by atoms with E-state index in [2.05, 4.69) is 19.2 Å². The number of hydrogen-bond acceptors (Lipinski definition) is 8. The molecule has 1 rings (SSSR count). The molecule has 416 valence electrons. The molecule has 0 aromatic rings. The van der Waals surface area contributed by atoms with Gasteiger partial charge < -0.3 is 40.3 Å². The first-order valence-corrected chi connectivity index (χ1v) is 30.9. The number of rotatable bonds is 54. The minimum atomic E-state index is -1.56. The van der Waals surface area contributed by atoms with Crippen LogP contribution in [0.25, 0.3) is 0 Å². The fourth-order valence-electron chi connectivity index (χ4n) is 10.2. The van der Waals surface area contributed by atoms with Crippen LogP contribution in [0.1, 0.15) is 316 Å². The van der Waals surface area contributed by atoms with Gasteiger partial charge in [-0.3, -0.25) is 4.79 Å². The van der Waals surface area contributed by atoms with Crippen LogP contribution in [0, 0.1) is 0 Å². The molecule has 0 spiro atoms. The zero-order valence-corrected chi connectivity index (χ0v) is 46.3. The summed E-state index contributed by atoms with van der Waals surface area (Å²) in [7, 11) is 0. The Morgan fingerprint density at radius 3 is 1.11 bits per heavy atom. The number of ether oxygens (including phenoxy) is 2. The molecule has 9 nitrogen and oxygen atoms in total. The van der Waals surface area contributed by atoms with Crippen molar-refractivity contribution in [2.24, 2.45) is 0 Å². The Kier molecular flexibility index (Phi) is 49.2. The average molecular weight is 995 g/mol. The molecule has 1 aliphatic rings. The second kappa shape index (κ2) is 51.4. The number of carbonyl (C=O) groups excluding carboxylic acids is 1. The quantitative estimate of drug-likeness (QED) is 0.0261. The summed E-state index contributed by atoms with van der Waals surface area (Å²) >= 11 is 0. The van der Waals surface area contributed by atoms with Crippen LogP contribution in [0.2, 0.25) is 0 Å². The molecule has 6 N–H and O–H groups in total. The van der Waals surface area contributed by atoms with Crippen molar-refractivity contribution in [2.75, 3.05) is 13.2 Å². The first-order valence-electron chi connectivity index (χ1n) is 30.9. The van der Waals surface area contributed by atoms with Gasteiger partial charge in [-0.1, -0.05) is 302 Å². The second-order valence-corrected chi connectivity index (χ2v) is 21.9. The van der Waals surface area contributed by atoms with Crippen molar-refractivity contribution >= 4 is 5.91 Å². The van der Waals surface area contributed by atoms with E-state index in [4.69, 9.17) is 9.47 Å². The van der Waals surface area contributed by atoms with E-state index in [9.17, 15) is 30.3 Å². The minimum absolute atomic E-state index is 0.169. The summed E-state index contributed by atoms with van der Waals surface area (Å²) in [6.07, 6.45) is 57.3. The summed E-state index contributed by atoms with van der Waals surface area (Å²) in [6.45, 7) is 3.82. The van der Waals surface area contributed by atoms with Crippen LogP contribution in [-0.4, -0.2) is 87.5 Å². The lowest BCUT2D eigenvalue weighted by molar-refractivity contribution is -0.302. The van der Waals surface area contributed by atoms with E-state index in [0.29, 0.717) is 6.42 Å². The zero-order chi connectivity index (χ0) is 50.8. The lowest BCUT2D eigenvalue weighted by atomic mass is 9.99. The Balaban J connectivity index is 2.13. The number of nitrogens with one attached hydrogen (secondary N) is 1. The van der Waals surface area contributed by atoms with Crippen molar-refractivity contribution in [3.63, 3.8) is 0 Å². The molecule has 0 saturated carbocycles. The summed E-state index contributed by atoms with van der Waals surface area (Å²) in [6, 6.07) is -0.800. The van der Waals surface area contributed by atoms with E-state index >= 15 is 0 Å². The molecule has 1 amide bonds. The maximum Gasteiger partial charge on any atom is 0.220 e. The molecule has 1 fully saturated rings. The third-order valence-electron chi connectivity index (χ3n) is 15.1. The van der Waals surface area contributed by atoms with Crippen molar-refractivity contribution in [3.05, 3.63) is 12.2 Å². The zero-order valence-electron chi connectivity index (χ0n) is 46.3. The molecule has 1 saturated heterocycles. The monoisotopic (exact) mass is 994 g/mol. The van der Waals surface area contributed by atoms with E-state index < -0.39 is 49.5 Å². The Morgan fingerprint density at radius 1 is 0.471 bits per heavy atom. The summed E-state index contributed by atoms with van der Waals surface area (Å²) in [5, 5.41) is 54.5. The topological polar surface area (TPSA) is 149 Å². The third-order valence-corrected chi connectivity index (χ3v) is 15.1. The number of amides is 1. The van der Waals surface area contributed by atoms with Crippen molar-refractivity contribution in [3.8, 4) is 0 Å². The lowest BCUT2D eigenvalue weighted by Gasteiger charge is -2.40. The Hall–Kier alpha value is -1.07. The minimum Gasteiger partial charge on any atom is -0.394 e. The van der Waals surface area contributed by atoms with Crippen molar-refractivity contribution in [2.45, 2.75) is 358 Å². The first kappa shape index (κ1) is 66.9. The van der Waals surface area contributed by atoms with Gasteiger partial charge in [0.25, 0.3) is 0 Å². The van der Waals surface area contributed by atoms with Crippen molar-refractivity contribution < 1.29 is 39.8 Å². The Bertz CT molecular complexity index is 1110. The molecule has 0 aromatic carbocycles. The van der Waals surface area contributed by atoms with Gasteiger partial charge in [0.15, 0.2) is 6.29 Å². The molecular weight excluding hydrogens is 875 g/mol. The van der Waals surface area contributed by atoms with E-state index in [1.807, 2.05) is 6.08 Å². The van der Waals surface area contributed by atoms with Gasteiger partial charge in [-0.2, -0.15) is 0 Å². The molecular formula is C61H119NO8. The van der Waals surface area contributed by atoms with Gasteiger partial charge in [0.2, 0.25) is 5.91 Å². The smallest absolute Gasteiger partial charge is 0.220 e. The molecule has 0 aliphatic carbocycles. The van der Waals surface area contributed by atoms with Gasteiger partial charge in [-0.15, -0.1) is 0 Å². The Labute approximate surface area is 433 Å². The van der Waals surface area contributed by atoms with E-state index in [1.165, 1.54) is 257 Å². The number of carbonyl (C=O) groups is 1. The van der Waals surface area contributed by atoms with Crippen LogP contribution in [0.5, 0.6) is 0 Å². The van der Waals surface area contributed by atoms with Crippen LogP contribution in [0.4, 0.5) is 0 Å². The van der Waals surface area contributed by atoms with E-state index in [0.717, 1.165) is 38.5 Å². The van der Waals surface area contributed by atoms with Gasteiger partial charge in [-0.25, -0.2) is 0 Å². The maximum atomic E-state index is 13.1. The summed E-state index contributed by atoms with van der Waals surface area (Å²) in [5.41, 5.74) is 0. The summed E-state index contributed by atoms with van der Waals surface area (Å²) in [5.74, 6) is -0.169. The highest BCUT2D eigenvalue weighted by molar-refractivity contribution is 5.76. The normalized spacial score (nSPS) is 19.3. The van der Waals surface area contributed by atoms with Gasteiger partial charge >= 0.3 is 0 Å². The number of hydrogen-bond donors (Lipinski definition) is 6. The molecule has 1 heterocycles. The van der Waals surface area contributed by atoms with Gasteiger partial charge in [0, 0.05) is 6.42 Å². The fraction of sp³-hybridized carbons (Fsp3) is 0.951.